The second kappa shape index (κ2) is 9.84. The molecule has 0 fully saturated rings. The molecule has 148 valence electrons. The van der Waals surface area contributed by atoms with Gasteiger partial charge in [0, 0.05) is 29.3 Å². The number of pyridine rings is 1. The molecule has 1 aromatic heterocycles. The van der Waals surface area contributed by atoms with Gasteiger partial charge in [0.1, 0.15) is 5.56 Å². The van der Waals surface area contributed by atoms with E-state index < -0.39 is 5.91 Å². The van der Waals surface area contributed by atoms with Gasteiger partial charge in [-0.05, 0) is 42.0 Å². The maximum absolute atomic E-state index is 12.6. The second-order valence-electron chi connectivity index (χ2n) is 6.40. The molecule has 0 aliphatic heterocycles. The van der Waals surface area contributed by atoms with Gasteiger partial charge >= 0.3 is 0 Å². The number of rotatable bonds is 7. The SMILES string of the molecule is O=C(CCNC(=O)c1cccn(Cc2ccccc2)c1=O)Nc1ccc(Br)cc1. The number of anilines is 1. The van der Waals surface area contributed by atoms with Gasteiger partial charge in [0.05, 0.1) is 6.54 Å². The van der Waals surface area contributed by atoms with Gasteiger partial charge in [0.15, 0.2) is 0 Å². The van der Waals surface area contributed by atoms with Crippen molar-refractivity contribution in [2.24, 2.45) is 0 Å². The van der Waals surface area contributed by atoms with Crippen molar-refractivity contribution in [1.29, 1.82) is 0 Å². The molecule has 0 unspecified atom stereocenters. The number of nitrogens with zero attached hydrogens (tertiary/aromatic N) is 1. The molecule has 0 spiro atoms. The average Bonchev–Trinajstić information content (AvgIpc) is 2.72. The number of benzene rings is 2. The molecule has 0 saturated heterocycles. The first kappa shape index (κ1) is 20.5. The van der Waals surface area contributed by atoms with E-state index in [-0.39, 0.29) is 30.0 Å². The van der Waals surface area contributed by atoms with Crippen LogP contribution in [-0.2, 0) is 11.3 Å². The van der Waals surface area contributed by atoms with E-state index in [0.29, 0.717) is 12.2 Å². The molecule has 3 rings (SSSR count). The van der Waals surface area contributed by atoms with Gasteiger partial charge in [-0.2, -0.15) is 0 Å². The van der Waals surface area contributed by atoms with E-state index in [0.717, 1.165) is 10.0 Å². The van der Waals surface area contributed by atoms with Crippen LogP contribution < -0.4 is 16.2 Å². The first-order valence-electron chi connectivity index (χ1n) is 9.10. The van der Waals surface area contributed by atoms with Gasteiger partial charge in [-0.3, -0.25) is 14.4 Å². The molecule has 0 atom stereocenters. The van der Waals surface area contributed by atoms with E-state index in [1.807, 2.05) is 42.5 Å². The summed E-state index contributed by atoms with van der Waals surface area (Å²) in [6, 6.07) is 19.9. The number of halogens is 1. The lowest BCUT2D eigenvalue weighted by Gasteiger charge is -2.09. The third-order valence-corrected chi connectivity index (χ3v) is 4.75. The molecule has 2 N–H and O–H groups in total. The molecule has 7 heteroatoms. The highest BCUT2D eigenvalue weighted by Crippen LogP contribution is 2.14. The minimum atomic E-state index is -0.492. The van der Waals surface area contributed by atoms with Gasteiger partial charge in [-0.15, -0.1) is 0 Å². The Morgan fingerprint density at radius 2 is 1.66 bits per heavy atom. The zero-order valence-electron chi connectivity index (χ0n) is 15.6. The van der Waals surface area contributed by atoms with Crippen molar-refractivity contribution in [1.82, 2.24) is 9.88 Å². The predicted molar refractivity (Wildman–Crippen MR) is 116 cm³/mol. The highest BCUT2D eigenvalue weighted by molar-refractivity contribution is 9.10. The van der Waals surface area contributed by atoms with Crippen molar-refractivity contribution in [2.75, 3.05) is 11.9 Å². The highest BCUT2D eigenvalue weighted by atomic mass is 79.9. The largest absolute Gasteiger partial charge is 0.351 e. The number of carbonyl (C=O) groups excluding carboxylic acids is 2. The third-order valence-electron chi connectivity index (χ3n) is 4.23. The lowest BCUT2D eigenvalue weighted by atomic mass is 10.2. The fraction of sp³-hybridized carbons (Fsp3) is 0.136. The standard InChI is InChI=1S/C22H20BrN3O3/c23-17-8-10-18(11-9-17)25-20(27)12-13-24-21(28)19-7-4-14-26(22(19)29)15-16-5-2-1-3-6-16/h1-11,14H,12-13,15H2,(H,24,28)(H,25,27). The minimum Gasteiger partial charge on any atom is -0.351 e. The minimum absolute atomic E-state index is 0.0525. The summed E-state index contributed by atoms with van der Waals surface area (Å²) in [5.41, 5.74) is 1.33. The van der Waals surface area contributed by atoms with E-state index in [2.05, 4.69) is 26.6 Å². The molecule has 0 aliphatic rings. The fourth-order valence-corrected chi connectivity index (χ4v) is 3.02. The predicted octanol–water partition coefficient (Wildman–Crippen LogP) is 3.42. The summed E-state index contributed by atoms with van der Waals surface area (Å²) >= 11 is 3.33. The van der Waals surface area contributed by atoms with Gasteiger partial charge in [0.2, 0.25) is 5.91 Å². The molecule has 3 aromatic rings. The molecule has 6 nitrogen and oxygen atoms in total. The van der Waals surface area contributed by atoms with Crippen molar-refractivity contribution in [2.45, 2.75) is 13.0 Å². The Labute approximate surface area is 176 Å². The summed E-state index contributed by atoms with van der Waals surface area (Å²) in [5.74, 6) is -0.712. The molecule has 0 aliphatic carbocycles. The van der Waals surface area contributed by atoms with Gasteiger partial charge < -0.3 is 15.2 Å². The van der Waals surface area contributed by atoms with Crippen LogP contribution in [0, 0.1) is 0 Å². The molecule has 29 heavy (non-hydrogen) atoms. The molecular formula is C22H20BrN3O3. The van der Waals surface area contributed by atoms with E-state index in [1.54, 1.807) is 24.4 Å². The molecule has 2 aromatic carbocycles. The number of nitrogens with one attached hydrogen (secondary N) is 2. The van der Waals surface area contributed by atoms with Crippen LogP contribution in [-0.4, -0.2) is 22.9 Å². The van der Waals surface area contributed by atoms with E-state index in [4.69, 9.17) is 0 Å². The van der Waals surface area contributed by atoms with Gasteiger partial charge in [-0.25, -0.2) is 0 Å². The van der Waals surface area contributed by atoms with Crippen molar-refractivity contribution < 1.29 is 9.59 Å². The van der Waals surface area contributed by atoms with Crippen LogP contribution in [0.5, 0.6) is 0 Å². The Bertz CT molecular complexity index is 1050. The number of aromatic nitrogens is 1. The summed E-state index contributed by atoms with van der Waals surface area (Å²) in [6.07, 6.45) is 1.75. The van der Waals surface area contributed by atoms with E-state index in [9.17, 15) is 14.4 Å². The smallest absolute Gasteiger partial charge is 0.263 e. The van der Waals surface area contributed by atoms with Gasteiger partial charge in [0.25, 0.3) is 11.5 Å². The van der Waals surface area contributed by atoms with Crippen molar-refractivity contribution in [3.63, 3.8) is 0 Å². The maximum Gasteiger partial charge on any atom is 0.263 e. The van der Waals surface area contributed by atoms with Crippen LogP contribution in [0.15, 0.2) is 82.2 Å². The molecule has 0 radical (unpaired) electrons. The molecule has 0 saturated carbocycles. The van der Waals surface area contributed by atoms with Gasteiger partial charge in [-0.1, -0.05) is 46.3 Å². The van der Waals surface area contributed by atoms with Crippen LogP contribution in [0.3, 0.4) is 0 Å². The lowest BCUT2D eigenvalue weighted by molar-refractivity contribution is -0.116. The Morgan fingerprint density at radius 1 is 0.931 bits per heavy atom. The van der Waals surface area contributed by atoms with E-state index >= 15 is 0 Å². The first-order chi connectivity index (χ1) is 14.0. The van der Waals surface area contributed by atoms with Crippen LogP contribution >= 0.6 is 15.9 Å². The Balaban J connectivity index is 1.55. The lowest BCUT2D eigenvalue weighted by Crippen LogP contribution is -2.34. The number of hydrogen-bond acceptors (Lipinski definition) is 3. The fourth-order valence-electron chi connectivity index (χ4n) is 2.76. The summed E-state index contributed by atoms with van der Waals surface area (Å²) < 4.78 is 2.41. The molecule has 1 heterocycles. The topological polar surface area (TPSA) is 80.2 Å². The Hall–Kier alpha value is -3.19. The quantitative estimate of drug-likeness (QED) is 0.574. The third kappa shape index (κ3) is 5.89. The molecular weight excluding hydrogens is 434 g/mol. The zero-order valence-corrected chi connectivity index (χ0v) is 17.2. The molecule has 2 amide bonds. The van der Waals surface area contributed by atoms with E-state index in [1.165, 1.54) is 10.6 Å². The number of carbonyl (C=O) groups is 2. The monoisotopic (exact) mass is 453 g/mol. The van der Waals surface area contributed by atoms with Crippen molar-refractivity contribution in [3.05, 3.63) is 98.9 Å². The normalized spacial score (nSPS) is 10.4. The zero-order chi connectivity index (χ0) is 20.6. The summed E-state index contributed by atoms with van der Waals surface area (Å²) in [6.45, 7) is 0.518. The number of amides is 2. The van der Waals surface area contributed by atoms with Crippen LogP contribution in [0.2, 0.25) is 0 Å². The summed E-state index contributed by atoms with van der Waals surface area (Å²) in [7, 11) is 0. The number of hydrogen-bond donors (Lipinski definition) is 2. The Kier molecular flexibility index (Phi) is 6.97. The molecule has 0 bridgehead atoms. The van der Waals surface area contributed by atoms with Crippen molar-refractivity contribution >= 4 is 33.4 Å². The summed E-state index contributed by atoms with van der Waals surface area (Å²) in [4.78, 5) is 37.0. The van der Waals surface area contributed by atoms with Crippen LogP contribution in [0.4, 0.5) is 5.69 Å². The first-order valence-corrected chi connectivity index (χ1v) is 9.89. The maximum atomic E-state index is 12.6. The van der Waals surface area contributed by atoms with Crippen LogP contribution in [0.1, 0.15) is 22.3 Å². The van der Waals surface area contributed by atoms with Crippen molar-refractivity contribution in [3.8, 4) is 0 Å². The van der Waals surface area contributed by atoms with Crippen LogP contribution in [0.25, 0.3) is 0 Å². The second-order valence-corrected chi connectivity index (χ2v) is 7.32. The summed E-state index contributed by atoms with van der Waals surface area (Å²) in [5, 5.41) is 5.39. The average molecular weight is 454 g/mol. The highest BCUT2D eigenvalue weighted by Gasteiger charge is 2.12. The Morgan fingerprint density at radius 3 is 2.38 bits per heavy atom.